The van der Waals surface area contributed by atoms with Crippen LogP contribution in [0.1, 0.15) is 18.1 Å². The molecular weight excluding hydrogens is 417 g/mol. The van der Waals surface area contributed by atoms with Crippen LogP contribution in [0.5, 0.6) is 0 Å². The summed E-state index contributed by atoms with van der Waals surface area (Å²) in [6.45, 7) is 1.96. The van der Waals surface area contributed by atoms with E-state index in [1.54, 1.807) is 11.5 Å². The molecule has 1 unspecified atom stereocenters. The Morgan fingerprint density at radius 3 is 2.50 bits per heavy atom. The quantitative estimate of drug-likeness (QED) is 0.592. The predicted molar refractivity (Wildman–Crippen MR) is 108 cm³/mol. The summed E-state index contributed by atoms with van der Waals surface area (Å²) in [5.74, 6) is -0.534. The summed E-state index contributed by atoms with van der Waals surface area (Å²) in [7, 11) is 1.39. The summed E-state index contributed by atoms with van der Waals surface area (Å²) in [4.78, 5) is 27.9. The molecule has 0 aliphatic rings. The highest BCUT2D eigenvalue weighted by Crippen LogP contribution is 2.34. The topological polar surface area (TPSA) is 76.0 Å². The number of urea groups is 1. The highest BCUT2D eigenvalue weighted by molar-refractivity contribution is 8.00. The molecule has 1 heterocycles. The van der Waals surface area contributed by atoms with Crippen LogP contribution in [0.15, 0.2) is 53.7 Å². The van der Waals surface area contributed by atoms with Crippen LogP contribution < -0.4 is 10.6 Å². The summed E-state index contributed by atoms with van der Waals surface area (Å²) in [5.41, 5.74) is 0.845. The molecule has 0 saturated carbocycles. The van der Waals surface area contributed by atoms with Crippen molar-refractivity contribution in [2.45, 2.75) is 30.1 Å². The molecule has 0 spiro atoms. The molecule has 1 atom stereocenters. The van der Waals surface area contributed by atoms with Gasteiger partial charge in [0, 0.05) is 7.05 Å². The molecule has 2 N–H and O–H groups in total. The summed E-state index contributed by atoms with van der Waals surface area (Å²) in [6.07, 6.45) is -4.48. The Bertz CT molecular complexity index is 1070. The van der Waals surface area contributed by atoms with E-state index in [4.69, 9.17) is 0 Å². The monoisotopic (exact) mass is 436 g/mol. The van der Waals surface area contributed by atoms with Crippen LogP contribution in [0, 0.1) is 0 Å². The van der Waals surface area contributed by atoms with Crippen LogP contribution in [0.2, 0.25) is 0 Å². The van der Waals surface area contributed by atoms with Crippen LogP contribution in [0.4, 0.5) is 18.0 Å². The number of nitrogens with zero attached hydrogens (tertiary/aromatic N) is 2. The van der Waals surface area contributed by atoms with Crippen molar-refractivity contribution in [3.05, 3.63) is 59.7 Å². The van der Waals surface area contributed by atoms with Gasteiger partial charge in [-0.25, -0.2) is 9.78 Å². The van der Waals surface area contributed by atoms with Crippen LogP contribution in [-0.4, -0.2) is 33.8 Å². The molecule has 0 saturated heterocycles. The number of nitrogens with one attached hydrogen (secondary N) is 2. The second kappa shape index (κ2) is 8.78. The van der Waals surface area contributed by atoms with E-state index in [-0.39, 0.29) is 5.52 Å². The van der Waals surface area contributed by atoms with Crippen LogP contribution in [0.3, 0.4) is 0 Å². The normalized spacial score (nSPS) is 12.6. The second-order valence-electron chi connectivity index (χ2n) is 6.50. The Hall–Kier alpha value is -3.01. The summed E-state index contributed by atoms with van der Waals surface area (Å²) in [6, 6.07) is 12.1. The van der Waals surface area contributed by atoms with Gasteiger partial charge >= 0.3 is 12.2 Å². The van der Waals surface area contributed by atoms with Crippen molar-refractivity contribution >= 4 is 34.7 Å². The van der Waals surface area contributed by atoms with E-state index in [9.17, 15) is 22.8 Å². The Balaban J connectivity index is 1.99. The zero-order valence-electron chi connectivity index (χ0n) is 16.2. The molecule has 10 heteroatoms. The molecule has 3 aromatic rings. The first-order chi connectivity index (χ1) is 14.2. The number of imidazole rings is 1. The largest absolute Gasteiger partial charge is 0.416 e. The number of hydrogen-bond donors (Lipinski definition) is 2. The number of imide groups is 1. The van der Waals surface area contributed by atoms with Crippen molar-refractivity contribution in [2.75, 3.05) is 7.05 Å². The van der Waals surface area contributed by atoms with Gasteiger partial charge in [0.25, 0.3) is 0 Å². The minimum absolute atomic E-state index is 0.183. The Morgan fingerprint density at radius 1 is 1.17 bits per heavy atom. The van der Waals surface area contributed by atoms with Gasteiger partial charge in [0.15, 0.2) is 5.16 Å². The minimum atomic E-state index is -4.48. The lowest BCUT2D eigenvalue weighted by Crippen LogP contribution is -2.41. The van der Waals surface area contributed by atoms with Crippen LogP contribution in [-0.2, 0) is 17.5 Å². The van der Waals surface area contributed by atoms with E-state index >= 15 is 0 Å². The third-order valence-corrected chi connectivity index (χ3v) is 5.43. The molecule has 0 aliphatic heterocycles. The Kier molecular flexibility index (Phi) is 6.35. The second-order valence-corrected chi connectivity index (χ2v) is 7.80. The molecule has 0 bridgehead atoms. The van der Waals surface area contributed by atoms with Crippen LogP contribution in [0.25, 0.3) is 11.0 Å². The number of halogens is 3. The average molecular weight is 436 g/mol. The first kappa shape index (κ1) is 21.7. The van der Waals surface area contributed by atoms with Gasteiger partial charge in [-0.1, -0.05) is 42.1 Å². The van der Waals surface area contributed by atoms with E-state index in [0.29, 0.717) is 17.2 Å². The van der Waals surface area contributed by atoms with Gasteiger partial charge in [-0.3, -0.25) is 10.1 Å². The zero-order chi connectivity index (χ0) is 21.9. The zero-order valence-corrected chi connectivity index (χ0v) is 17.0. The van der Waals surface area contributed by atoms with Gasteiger partial charge in [-0.15, -0.1) is 0 Å². The molecule has 0 aliphatic carbocycles. The lowest BCUT2D eigenvalue weighted by atomic mass is 10.2. The fourth-order valence-electron chi connectivity index (χ4n) is 2.78. The maximum absolute atomic E-state index is 13.1. The summed E-state index contributed by atoms with van der Waals surface area (Å²) < 4.78 is 41.1. The average Bonchev–Trinajstić information content (AvgIpc) is 3.04. The maximum Gasteiger partial charge on any atom is 0.416 e. The molecule has 30 heavy (non-hydrogen) atoms. The van der Waals surface area contributed by atoms with Crippen molar-refractivity contribution in [3.8, 4) is 0 Å². The predicted octanol–water partition coefficient (Wildman–Crippen LogP) is 4.04. The Morgan fingerprint density at radius 2 is 1.87 bits per heavy atom. The van der Waals surface area contributed by atoms with Gasteiger partial charge in [-0.05, 0) is 30.7 Å². The molecule has 1 aromatic heterocycles. The van der Waals surface area contributed by atoms with E-state index in [2.05, 4.69) is 15.6 Å². The highest BCUT2D eigenvalue weighted by Gasteiger charge is 2.31. The smallest absolute Gasteiger partial charge is 0.341 e. The fourth-order valence-corrected chi connectivity index (χ4v) is 3.70. The molecule has 158 valence electrons. The first-order valence-corrected chi connectivity index (χ1v) is 9.87. The van der Waals surface area contributed by atoms with Crippen molar-refractivity contribution in [3.63, 3.8) is 0 Å². The van der Waals surface area contributed by atoms with Crippen molar-refractivity contribution in [1.29, 1.82) is 0 Å². The van der Waals surface area contributed by atoms with Gasteiger partial charge in [-0.2, -0.15) is 13.2 Å². The number of benzene rings is 2. The summed E-state index contributed by atoms with van der Waals surface area (Å²) in [5, 5.41) is 4.16. The molecule has 0 radical (unpaired) electrons. The van der Waals surface area contributed by atoms with E-state index < -0.39 is 28.9 Å². The fraction of sp³-hybridized carbons (Fsp3) is 0.250. The number of hydrogen-bond acceptors (Lipinski definition) is 4. The van der Waals surface area contributed by atoms with E-state index in [1.807, 2.05) is 30.3 Å². The maximum atomic E-state index is 13.1. The summed E-state index contributed by atoms with van der Waals surface area (Å²) >= 11 is 1.07. The van der Waals surface area contributed by atoms with Gasteiger partial charge in [0.05, 0.1) is 28.4 Å². The standard InChI is InChI=1S/C20H19F3N4O2S/c1-12(17(28)26-18(29)24-2)30-19-25-15-10-14(20(21,22)23)8-9-16(15)27(19)11-13-6-4-3-5-7-13/h3-10,12H,11H2,1-2H3,(H2,24,26,28,29). The van der Waals surface area contributed by atoms with Gasteiger partial charge < -0.3 is 9.88 Å². The molecular formula is C20H19F3N4O2S. The van der Waals surface area contributed by atoms with Gasteiger partial charge in [0.1, 0.15) is 0 Å². The van der Waals surface area contributed by atoms with Gasteiger partial charge in [0.2, 0.25) is 5.91 Å². The molecule has 3 rings (SSSR count). The minimum Gasteiger partial charge on any atom is -0.341 e. The lowest BCUT2D eigenvalue weighted by Gasteiger charge is -2.13. The number of rotatable bonds is 5. The highest BCUT2D eigenvalue weighted by atomic mass is 32.2. The third-order valence-electron chi connectivity index (χ3n) is 4.34. The number of fused-ring (bicyclic) bond motifs is 1. The van der Waals surface area contributed by atoms with Crippen molar-refractivity contribution < 1.29 is 22.8 Å². The van der Waals surface area contributed by atoms with E-state index in [1.165, 1.54) is 13.1 Å². The molecule has 6 nitrogen and oxygen atoms in total. The molecule has 3 amide bonds. The van der Waals surface area contributed by atoms with Crippen molar-refractivity contribution in [2.24, 2.45) is 0 Å². The lowest BCUT2D eigenvalue weighted by molar-refractivity contribution is -0.137. The Labute approximate surface area is 174 Å². The first-order valence-electron chi connectivity index (χ1n) is 8.99. The van der Waals surface area contributed by atoms with Crippen LogP contribution >= 0.6 is 11.8 Å². The number of carbonyl (C=O) groups is 2. The number of carbonyl (C=O) groups excluding carboxylic acids is 2. The third kappa shape index (κ3) is 4.93. The molecule has 0 fully saturated rings. The number of amides is 3. The van der Waals surface area contributed by atoms with Crippen molar-refractivity contribution in [1.82, 2.24) is 20.2 Å². The molecule has 2 aromatic carbocycles. The van der Waals surface area contributed by atoms with E-state index in [0.717, 1.165) is 29.5 Å². The number of alkyl halides is 3. The number of aromatic nitrogens is 2. The number of thioether (sulfide) groups is 1. The SMILES string of the molecule is CNC(=O)NC(=O)C(C)Sc1nc2cc(C(F)(F)F)ccc2n1Cc1ccccc1.